The van der Waals surface area contributed by atoms with Gasteiger partial charge in [-0.2, -0.15) is 0 Å². The van der Waals surface area contributed by atoms with Gasteiger partial charge < -0.3 is 20.5 Å². The lowest BCUT2D eigenvalue weighted by molar-refractivity contribution is -0.128. The molecule has 2 atom stereocenters. The van der Waals surface area contributed by atoms with E-state index in [1.807, 2.05) is 19.1 Å². The molecule has 5 nitrogen and oxygen atoms in total. The van der Waals surface area contributed by atoms with Crippen molar-refractivity contribution in [2.45, 2.75) is 44.7 Å². The maximum Gasteiger partial charge on any atom is 0.225 e. The number of nitrogens with two attached hydrogens (primary N) is 1. The van der Waals surface area contributed by atoms with Crippen LogP contribution in [-0.4, -0.2) is 25.7 Å². The summed E-state index contributed by atoms with van der Waals surface area (Å²) in [6.07, 6.45) is 3.90. The van der Waals surface area contributed by atoms with Crippen molar-refractivity contribution in [2.24, 2.45) is 11.7 Å². The van der Waals surface area contributed by atoms with E-state index in [1.165, 1.54) is 0 Å². The molecule has 1 aromatic carbocycles. The van der Waals surface area contributed by atoms with Crippen LogP contribution >= 0.6 is 15.9 Å². The van der Waals surface area contributed by atoms with Gasteiger partial charge in [0.15, 0.2) is 11.5 Å². The molecule has 1 saturated carbocycles. The minimum absolute atomic E-state index is 0.0244. The second-order valence-corrected chi connectivity index (χ2v) is 7.17. The first kappa shape index (κ1) is 18.1. The van der Waals surface area contributed by atoms with Crippen molar-refractivity contribution in [1.82, 2.24) is 5.32 Å². The molecule has 1 fully saturated rings. The van der Waals surface area contributed by atoms with Crippen LogP contribution < -0.4 is 20.5 Å². The number of methoxy groups -OCH3 is 2. The Labute approximate surface area is 146 Å². The van der Waals surface area contributed by atoms with Crippen molar-refractivity contribution >= 4 is 21.8 Å². The van der Waals surface area contributed by atoms with E-state index in [0.717, 1.165) is 35.7 Å². The Bertz CT molecular complexity index is 575. The summed E-state index contributed by atoms with van der Waals surface area (Å²) in [5.41, 5.74) is 6.81. The van der Waals surface area contributed by atoms with Gasteiger partial charge in [-0.3, -0.25) is 4.79 Å². The standard InChI is InChI=1S/C17H25BrN2O3/c1-17(19)7-5-4-6-12(17)16(21)20-10-11-8-14(22-2)15(23-3)9-13(11)18/h8-9,12H,4-7,10,19H2,1-3H3,(H,20,21). The highest BCUT2D eigenvalue weighted by molar-refractivity contribution is 9.10. The van der Waals surface area contributed by atoms with Crippen molar-refractivity contribution < 1.29 is 14.3 Å². The van der Waals surface area contributed by atoms with Crippen LogP contribution in [0.1, 0.15) is 38.2 Å². The van der Waals surface area contributed by atoms with Crippen LogP contribution in [0, 0.1) is 5.92 Å². The average molecular weight is 385 g/mol. The van der Waals surface area contributed by atoms with Gasteiger partial charge >= 0.3 is 0 Å². The number of carbonyl (C=O) groups excluding carboxylic acids is 1. The Hall–Kier alpha value is -1.27. The van der Waals surface area contributed by atoms with Gasteiger partial charge in [0.2, 0.25) is 5.91 Å². The van der Waals surface area contributed by atoms with Gasteiger partial charge in [-0.05, 0) is 37.5 Å². The van der Waals surface area contributed by atoms with Crippen LogP contribution in [0.15, 0.2) is 16.6 Å². The number of ether oxygens (including phenoxy) is 2. The summed E-state index contributed by atoms with van der Waals surface area (Å²) in [5.74, 6) is 1.18. The predicted octanol–water partition coefficient (Wildman–Crippen LogP) is 2.99. The third kappa shape index (κ3) is 4.18. The molecule has 0 bridgehead atoms. The molecule has 6 heteroatoms. The first-order valence-corrected chi connectivity index (χ1v) is 8.65. The summed E-state index contributed by atoms with van der Waals surface area (Å²) in [6.45, 7) is 2.40. The number of nitrogens with one attached hydrogen (secondary N) is 1. The molecule has 1 aliphatic rings. The summed E-state index contributed by atoms with van der Waals surface area (Å²) in [5, 5.41) is 3.01. The van der Waals surface area contributed by atoms with Gasteiger partial charge in [0, 0.05) is 16.6 Å². The molecule has 23 heavy (non-hydrogen) atoms. The monoisotopic (exact) mass is 384 g/mol. The zero-order valence-electron chi connectivity index (χ0n) is 13.9. The van der Waals surface area contributed by atoms with E-state index in [-0.39, 0.29) is 11.8 Å². The summed E-state index contributed by atoms with van der Waals surface area (Å²) in [6, 6.07) is 3.71. The molecule has 1 amide bonds. The molecule has 128 valence electrons. The first-order valence-electron chi connectivity index (χ1n) is 7.86. The van der Waals surface area contributed by atoms with Gasteiger partial charge in [-0.25, -0.2) is 0 Å². The number of hydrogen-bond donors (Lipinski definition) is 2. The van der Waals surface area contributed by atoms with Crippen LogP contribution in [0.2, 0.25) is 0 Å². The van der Waals surface area contributed by atoms with Crippen molar-refractivity contribution in [2.75, 3.05) is 14.2 Å². The molecular weight excluding hydrogens is 360 g/mol. The zero-order valence-corrected chi connectivity index (χ0v) is 15.5. The molecule has 0 spiro atoms. The van der Waals surface area contributed by atoms with E-state index in [0.29, 0.717) is 18.0 Å². The van der Waals surface area contributed by atoms with Crippen molar-refractivity contribution in [3.05, 3.63) is 22.2 Å². The molecule has 0 saturated heterocycles. The van der Waals surface area contributed by atoms with Gasteiger partial charge in [0.1, 0.15) is 0 Å². The molecule has 1 aromatic rings. The number of amides is 1. The van der Waals surface area contributed by atoms with Crippen molar-refractivity contribution in [3.63, 3.8) is 0 Å². The molecule has 0 aliphatic heterocycles. The van der Waals surface area contributed by atoms with Gasteiger partial charge in [0.05, 0.1) is 20.1 Å². The van der Waals surface area contributed by atoms with Crippen LogP contribution in [0.25, 0.3) is 0 Å². The molecule has 0 radical (unpaired) electrons. The number of halogens is 1. The van der Waals surface area contributed by atoms with Crippen LogP contribution in [-0.2, 0) is 11.3 Å². The maximum absolute atomic E-state index is 12.5. The predicted molar refractivity (Wildman–Crippen MR) is 93.6 cm³/mol. The topological polar surface area (TPSA) is 73.6 Å². The number of hydrogen-bond acceptors (Lipinski definition) is 4. The fourth-order valence-electron chi connectivity index (χ4n) is 3.13. The van der Waals surface area contributed by atoms with E-state index in [2.05, 4.69) is 21.2 Å². The average Bonchev–Trinajstić information content (AvgIpc) is 2.52. The smallest absolute Gasteiger partial charge is 0.225 e. The van der Waals surface area contributed by atoms with Crippen molar-refractivity contribution in [3.8, 4) is 11.5 Å². The third-order valence-corrected chi connectivity index (χ3v) is 5.31. The summed E-state index contributed by atoms with van der Waals surface area (Å²) >= 11 is 3.51. The largest absolute Gasteiger partial charge is 0.493 e. The normalized spacial score (nSPS) is 24.1. The molecule has 3 N–H and O–H groups in total. The SMILES string of the molecule is COc1cc(Br)c(CNC(=O)C2CCCCC2(C)N)cc1OC. The molecule has 2 rings (SSSR count). The lowest BCUT2D eigenvalue weighted by atomic mass is 9.74. The Kier molecular flexibility index (Phi) is 5.92. The Morgan fingerprint density at radius 3 is 2.61 bits per heavy atom. The van der Waals surface area contributed by atoms with Crippen LogP contribution in [0.4, 0.5) is 0 Å². The highest BCUT2D eigenvalue weighted by Gasteiger charge is 2.37. The molecule has 0 aromatic heterocycles. The quantitative estimate of drug-likeness (QED) is 0.817. The summed E-state index contributed by atoms with van der Waals surface area (Å²) in [7, 11) is 3.19. The Morgan fingerprint density at radius 1 is 1.35 bits per heavy atom. The van der Waals surface area contributed by atoms with E-state index in [4.69, 9.17) is 15.2 Å². The first-order chi connectivity index (χ1) is 10.9. The van der Waals surface area contributed by atoms with E-state index in [9.17, 15) is 4.79 Å². The number of carbonyl (C=O) groups is 1. The van der Waals surface area contributed by atoms with E-state index >= 15 is 0 Å². The second-order valence-electron chi connectivity index (χ2n) is 6.32. The fraction of sp³-hybridized carbons (Fsp3) is 0.588. The fourth-order valence-corrected chi connectivity index (χ4v) is 3.59. The van der Waals surface area contributed by atoms with E-state index in [1.54, 1.807) is 14.2 Å². The Balaban J connectivity index is 2.07. The summed E-state index contributed by atoms with van der Waals surface area (Å²) in [4.78, 5) is 12.5. The lowest BCUT2D eigenvalue weighted by Gasteiger charge is -2.37. The molecule has 1 aliphatic carbocycles. The molecular formula is C17H25BrN2O3. The lowest BCUT2D eigenvalue weighted by Crippen LogP contribution is -2.52. The highest BCUT2D eigenvalue weighted by atomic mass is 79.9. The second kappa shape index (κ2) is 7.53. The molecule has 2 unspecified atom stereocenters. The third-order valence-electron chi connectivity index (χ3n) is 4.58. The maximum atomic E-state index is 12.5. The van der Waals surface area contributed by atoms with E-state index < -0.39 is 5.54 Å². The van der Waals surface area contributed by atoms with Gasteiger partial charge in [0.25, 0.3) is 0 Å². The summed E-state index contributed by atoms with van der Waals surface area (Å²) < 4.78 is 11.4. The van der Waals surface area contributed by atoms with Crippen LogP contribution in [0.3, 0.4) is 0 Å². The Morgan fingerprint density at radius 2 is 2.00 bits per heavy atom. The number of benzene rings is 1. The van der Waals surface area contributed by atoms with Gasteiger partial charge in [-0.1, -0.05) is 28.8 Å². The highest BCUT2D eigenvalue weighted by Crippen LogP contribution is 2.34. The van der Waals surface area contributed by atoms with Crippen molar-refractivity contribution in [1.29, 1.82) is 0 Å². The van der Waals surface area contributed by atoms with Gasteiger partial charge in [-0.15, -0.1) is 0 Å². The number of rotatable bonds is 5. The zero-order chi connectivity index (χ0) is 17.0. The minimum Gasteiger partial charge on any atom is -0.493 e. The van der Waals surface area contributed by atoms with Crippen LogP contribution in [0.5, 0.6) is 11.5 Å². The molecule has 0 heterocycles. The minimum atomic E-state index is -0.419.